The highest BCUT2D eigenvalue weighted by Gasteiger charge is 2.31. The van der Waals surface area contributed by atoms with Crippen molar-refractivity contribution in [3.63, 3.8) is 0 Å². The predicted molar refractivity (Wildman–Crippen MR) is 109 cm³/mol. The Morgan fingerprint density at radius 3 is 2.10 bits per heavy atom. The number of nitro groups is 1. The number of nitro benzene ring substituents is 1. The van der Waals surface area contributed by atoms with E-state index in [1.165, 1.54) is 16.4 Å². The summed E-state index contributed by atoms with van der Waals surface area (Å²) in [6, 6.07) is 10.3. The van der Waals surface area contributed by atoms with E-state index in [-0.39, 0.29) is 42.2 Å². The molecule has 0 saturated carbocycles. The van der Waals surface area contributed by atoms with E-state index in [0.717, 1.165) is 11.6 Å². The van der Waals surface area contributed by atoms with Crippen LogP contribution in [0, 0.1) is 15.9 Å². The lowest BCUT2D eigenvalue weighted by atomic mass is 9.87. The number of benzene rings is 2. The Hall–Kier alpha value is -2.52. The molecule has 1 aliphatic heterocycles. The fourth-order valence-corrected chi connectivity index (χ4v) is 4.78. The molecule has 0 spiro atoms. The molecular formula is C20H24FN3O4S. The van der Waals surface area contributed by atoms with Gasteiger partial charge in [0.15, 0.2) is 0 Å². The maximum atomic E-state index is 13.4. The van der Waals surface area contributed by atoms with E-state index in [2.05, 4.69) is 20.8 Å². The lowest BCUT2D eigenvalue weighted by molar-refractivity contribution is -0.384. The third-order valence-corrected chi connectivity index (χ3v) is 6.98. The number of piperazine rings is 1. The maximum absolute atomic E-state index is 13.4. The Bertz CT molecular complexity index is 1010. The first-order valence-electron chi connectivity index (χ1n) is 9.30. The van der Waals surface area contributed by atoms with Crippen LogP contribution in [0.2, 0.25) is 0 Å². The summed E-state index contributed by atoms with van der Waals surface area (Å²) in [5.41, 5.74) is 0.949. The molecule has 0 amide bonds. The van der Waals surface area contributed by atoms with Crippen molar-refractivity contribution in [1.82, 2.24) is 4.31 Å². The molecule has 0 aromatic heterocycles. The molecule has 1 fully saturated rings. The van der Waals surface area contributed by atoms with Crippen LogP contribution in [0.3, 0.4) is 0 Å². The highest BCUT2D eigenvalue weighted by Crippen LogP contribution is 2.31. The number of hydrogen-bond acceptors (Lipinski definition) is 5. The third-order valence-electron chi connectivity index (χ3n) is 5.07. The van der Waals surface area contributed by atoms with E-state index in [1.54, 1.807) is 17.0 Å². The minimum Gasteiger partial charge on any atom is -0.363 e. The summed E-state index contributed by atoms with van der Waals surface area (Å²) in [6.07, 6.45) is 0. The van der Waals surface area contributed by atoms with Crippen molar-refractivity contribution < 1.29 is 17.7 Å². The van der Waals surface area contributed by atoms with Crippen LogP contribution >= 0.6 is 0 Å². The number of anilines is 1. The zero-order valence-electron chi connectivity index (χ0n) is 16.6. The zero-order chi connectivity index (χ0) is 21.4. The van der Waals surface area contributed by atoms with Gasteiger partial charge < -0.3 is 4.90 Å². The smallest absolute Gasteiger partial charge is 0.295 e. The molecule has 9 heteroatoms. The first-order valence-corrected chi connectivity index (χ1v) is 10.7. The Kier molecular flexibility index (Phi) is 5.64. The van der Waals surface area contributed by atoms with Crippen LogP contribution in [0.4, 0.5) is 15.8 Å². The van der Waals surface area contributed by atoms with Gasteiger partial charge in [-0.15, -0.1) is 0 Å². The molecule has 3 rings (SSSR count). The minimum atomic E-state index is -3.65. The number of nitrogens with zero attached hydrogens (tertiary/aromatic N) is 3. The standard InChI is InChI=1S/C20H24FN3O4S/c1-20(2,3)15-4-7-17(8-5-15)29(27,28)23-12-10-22(11-13-23)18-9-6-16(21)14-19(18)24(25)26/h4-9,14H,10-13H2,1-3H3. The van der Waals surface area contributed by atoms with Gasteiger partial charge in [0.1, 0.15) is 11.5 Å². The topological polar surface area (TPSA) is 83.8 Å². The largest absolute Gasteiger partial charge is 0.363 e. The maximum Gasteiger partial charge on any atom is 0.295 e. The van der Waals surface area contributed by atoms with E-state index >= 15 is 0 Å². The highest BCUT2D eigenvalue weighted by molar-refractivity contribution is 7.89. The second kappa shape index (κ2) is 7.72. The number of rotatable bonds is 4. The van der Waals surface area contributed by atoms with Gasteiger partial charge in [0, 0.05) is 26.2 Å². The van der Waals surface area contributed by atoms with Crippen LogP contribution in [0.5, 0.6) is 0 Å². The molecule has 2 aromatic rings. The van der Waals surface area contributed by atoms with Crippen LogP contribution < -0.4 is 4.90 Å². The van der Waals surface area contributed by atoms with Crippen LogP contribution in [0.25, 0.3) is 0 Å². The van der Waals surface area contributed by atoms with Crippen molar-refractivity contribution >= 4 is 21.4 Å². The van der Waals surface area contributed by atoms with Crippen molar-refractivity contribution in [2.45, 2.75) is 31.1 Å². The molecule has 0 radical (unpaired) electrons. The molecule has 1 saturated heterocycles. The zero-order valence-corrected chi connectivity index (χ0v) is 17.4. The van der Waals surface area contributed by atoms with Gasteiger partial charge in [-0.3, -0.25) is 10.1 Å². The van der Waals surface area contributed by atoms with E-state index in [0.29, 0.717) is 5.69 Å². The second-order valence-corrected chi connectivity index (χ2v) is 9.99. The molecule has 156 valence electrons. The first kappa shape index (κ1) is 21.2. The molecule has 2 aromatic carbocycles. The predicted octanol–water partition coefficient (Wildman–Crippen LogP) is 3.54. The van der Waals surface area contributed by atoms with Crippen LogP contribution in [0.15, 0.2) is 47.4 Å². The molecule has 0 bridgehead atoms. The summed E-state index contributed by atoms with van der Waals surface area (Å²) >= 11 is 0. The second-order valence-electron chi connectivity index (χ2n) is 8.06. The van der Waals surface area contributed by atoms with Crippen LogP contribution in [0.1, 0.15) is 26.3 Å². The van der Waals surface area contributed by atoms with E-state index in [9.17, 15) is 22.9 Å². The van der Waals surface area contributed by atoms with Gasteiger partial charge in [-0.25, -0.2) is 12.8 Å². The summed E-state index contributed by atoms with van der Waals surface area (Å²) in [4.78, 5) is 12.5. The number of sulfonamides is 1. The molecule has 0 aliphatic carbocycles. The lowest BCUT2D eigenvalue weighted by Crippen LogP contribution is -2.48. The summed E-state index contributed by atoms with van der Waals surface area (Å²) in [5, 5.41) is 11.2. The average molecular weight is 421 g/mol. The molecule has 7 nitrogen and oxygen atoms in total. The van der Waals surface area contributed by atoms with Gasteiger partial charge in [-0.2, -0.15) is 4.31 Å². The third kappa shape index (κ3) is 4.40. The van der Waals surface area contributed by atoms with Gasteiger partial charge >= 0.3 is 0 Å². The van der Waals surface area contributed by atoms with E-state index in [1.807, 2.05) is 12.1 Å². The van der Waals surface area contributed by atoms with Crippen molar-refractivity contribution in [3.8, 4) is 0 Å². The summed E-state index contributed by atoms with van der Waals surface area (Å²) < 4.78 is 40.7. The Balaban J connectivity index is 1.76. The summed E-state index contributed by atoms with van der Waals surface area (Å²) in [5.74, 6) is -0.680. The van der Waals surface area contributed by atoms with Crippen molar-refractivity contribution in [3.05, 3.63) is 64.0 Å². The molecule has 1 aliphatic rings. The van der Waals surface area contributed by atoms with Gasteiger partial charge in [0.2, 0.25) is 10.0 Å². The molecule has 1 heterocycles. The van der Waals surface area contributed by atoms with Crippen LogP contribution in [-0.4, -0.2) is 43.8 Å². The SMILES string of the molecule is CC(C)(C)c1ccc(S(=O)(=O)N2CCN(c3ccc(F)cc3[N+](=O)[O-])CC2)cc1. The first-order chi connectivity index (χ1) is 13.5. The molecule has 0 N–H and O–H groups in total. The summed E-state index contributed by atoms with van der Waals surface area (Å²) in [6.45, 7) is 7.13. The van der Waals surface area contributed by atoms with Crippen molar-refractivity contribution in [2.75, 3.05) is 31.1 Å². The Morgan fingerprint density at radius 1 is 1.00 bits per heavy atom. The fourth-order valence-electron chi connectivity index (χ4n) is 3.36. The van der Waals surface area contributed by atoms with Crippen LogP contribution in [-0.2, 0) is 15.4 Å². The fraction of sp³-hybridized carbons (Fsp3) is 0.400. The van der Waals surface area contributed by atoms with Crippen molar-refractivity contribution in [1.29, 1.82) is 0 Å². The van der Waals surface area contributed by atoms with Gasteiger partial charge in [0.05, 0.1) is 15.9 Å². The number of halogens is 1. The lowest BCUT2D eigenvalue weighted by Gasteiger charge is -2.35. The normalized spacial score (nSPS) is 16.1. The molecule has 0 atom stereocenters. The van der Waals surface area contributed by atoms with Crippen molar-refractivity contribution in [2.24, 2.45) is 0 Å². The molecule has 29 heavy (non-hydrogen) atoms. The monoisotopic (exact) mass is 421 g/mol. The Morgan fingerprint density at radius 2 is 1.59 bits per heavy atom. The minimum absolute atomic E-state index is 0.0716. The summed E-state index contributed by atoms with van der Waals surface area (Å²) in [7, 11) is -3.65. The van der Waals surface area contributed by atoms with E-state index < -0.39 is 20.8 Å². The highest BCUT2D eigenvalue weighted by atomic mass is 32.2. The molecular weight excluding hydrogens is 397 g/mol. The Labute approximate surface area is 170 Å². The quantitative estimate of drug-likeness (QED) is 0.557. The number of hydrogen-bond donors (Lipinski definition) is 0. The van der Waals surface area contributed by atoms with Gasteiger partial charge in [-0.05, 0) is 35.2 Å². The van der Waals surface area contributed by atoms with Gasteiger partial charge in [0.25, 0.3) is 5.69 Å². The van der Waals surface area contributed by atoms with E-state index in [4.69, 9.17) is 0 Å². The van der Waals surface area contributed by atoms with Gasteiger partial charge in [-0.1, -0.05) is 32.9 Å². The molecule has 0 unspecified atom stereocenters. The average Bonchev–Trinajstić information content (AvgIpc) is 2.67.